The Morgan fingerprint density at radius 1 is 0.797 bits per heavy atom. The number of ether oxygens (including phenoxy) is 4. The van der Waals surface area contributed by atoms with E-state index < -0.39 is 0 Å². The Bertz CT molecular complexity index is 2590. The monoisotopic (exact) mass is 1060 g/mol. The van der Waals surface area contributed by atoms with Gasteiger partial charge in [0.25, 0.3) is 10.4 Å². The topological polar surface area (TPSA) is 169 Å². The van der Waals surface area contributed by atoms with Crippen molar-refractivity contribution < 1.29 is 23.7 Å². The third-order valence-corrected chi connectivity index (χ3v) is 13.0. The van der Waals surface area contributed by atoms with E-state index in [4.69, 9.17) is 71.1 Å². The number of benzene rings is 2. The van der Waals surface area contributed by atoms with E-state index >= 15 is 0 Å². The fourth-order valence-electron chi connectivity index (χ4n) is 6.56. The number of fused-ring (bicyclic) bond motifs is 2. The molecule has 2 saturated carbocycles. The van der Waals surface area contributed by atoms with Crippen molar-refractivity contribution in [2.75, 3.05) is 31.6 Å². The van der Waals surface area contributed by atoms with Crippen LogP contribution in [0.5, 0.6) is 33.4 Å². The molecular weight excluding hydrogens is 1000 g/mol. The molecule has 2 atom stereocenters. The summed E-state index contributed by atoms with van der Waals surface area (Å²) in [5.41, 5.74) is 5.69. The second-order valence-electron chi connectivity index (χ2n) is 16.5. The lowest BCUT2D eigenvalue weighted by atomic mass is 10.3. The summed E-state index contributed by atoms with van der Waals surface area (Å²) in [5.74, 6) is 6.08. The zero-order valence-electron chi connectivity index (χ0n) is 38.3. The molecule has 4 aromatic heterocycles. The molecule has 0 bridgehead atoms. The van der Waals surface area contributed by atoms with Crippen molar-refractivity contribution in [3.63, 3.8) is 0 Å². The van der Waals surface area contributed by atoms with Gasteiger partial charge >= 0.3 is 6.03 Å². The van der Waals surface area contributed by atoms with E-state index in [9.17, 15) is 4.79 Å². The first-order chi connectivity index (χ1) is 33.5. The quantitative estimate of drug-likeness (QED) is 0.0837. The molecule has 0 unspecified atom stereocenters. The molecule has 2 amide bonds. The SMILES string of the molecule is C[C@@H](/C=C/c1cnc(Oc2ccc(OCC3CC3)cc2Cl)s1)NC(=O)N1CCn2ccnc2C1.C[C@H](N)/C=C/c1cnc(Oc2ccc(OCC3CC3)cc2Cl)s1.ClCCl.c1cn2c(n1)CNCC2. The van der Waals surface area contributed by atoms with Crippen LogP contribution in [0.25, 0.3) is 12.2 Å². The highest BCUT2D eigenvalue weighted by molar-refractivity contribution is 7.14. The number of carbonyl (C=O) groups is 1. The molecule has 2 aliphatic carbocycles. The summed E-state index contributed by atoms with van der Waals surface area (Å²) in [6.45, 7) is 10.4. The second kappa shape index (κ2) is 26.4. The highest BCUT2D eigenvalue weighted by Gasteiger charge is 2.24. The minimum Gasteiger partial charge on any atom is -0.493 e. The van der Waals surface area contributed by atoms with Gasteiger partial charge in [0.2, 0.25) is 0 Å². The van der Waals surface area contributed by atoms with E-state index in [0.29, 0.717) is 56.9 Å². The van der Waals surface area contributed by atoms with Gasteiger partial charge in [0.15, 0.2) is 0 Å². The van der Waals surface area contributed by atoms with E-state index in [2.05, 4.69) is 39.7 Å². The Morgan fingerprint density at radius 2 is 1.33 bits per heavy atom. The Balaban J connectivity index is 0.000000171. The largest absolute Gasteiger partial charge is 0.493 e. The van der Waals surface area contributed by atoms with Crippen LogP contribution in [-0.2, 0) is 26.2 Å². The van der Waals surface area contributed by atoms with Crippen molar-refractivity contribution in [2.24, 2.45) is 17.6 Å². The molecule has 0 spiro atoms. The summed E-state index contributed by atoms with van der Waals surface area (Å²) in [4.78, 5) is 33.3. The molecule has 10 rings (SSSR count). The highest BCUT2D eigenvalue weighted by atomic mass is 35.5. The summed E-state index contributed by atoms with van der Waals surface area (Å²) < 4.78 is 27.3. The predicted molar refractivity (Wildman–Crippen MR) is 277 cm³/mol. The molecule has 2 aromatic carbocycles. The van der Waals surface area contributed by atoms with Gasteiger partial charge in [-0.3, -0.25) is 0 Å². The van der Waals surface area contributed by atoms with Crippen LogP contribution < -0.4 is 35.3 Å². The first kappa shape index (κ1) is 52.0. The summed E-state index contributed by atoms with van der Waals surface area (Å²) in [5, 5.41) is 8.49. The minimum atomic E-state index is -0.140. The van der Waals surface area contributed by atoms with Crippen molar-refractivity contribution in [1.82, 2.24) is 44.6 Å². The first-order valence-corrected chi connectivity index (χ1v) is 26.1. The first-order valence-electron chi connectivity index (χ1n) is 22.6. The van der Waals surface area contributed by atoms with Gasteiger partial charge in [0.05, 0.1) is 51.4 Å². The Labute approximate surface area is 430 Å². The number of nitrogens with one attached hydrogen (secondary N) is 2. The third-order valence-electron chi connectivity index (χ3n) is 10.7. The number of thiazole rings is 2. The van der Waals surface area contributed by atoms with Gasteiger partial charge in [-0.1, -0.05) is 58.0 Å². The van der Waals surface area contributed by atoms with E-state index in [-0.39, 0.29) is 23.5 Å². The average molecular weight is 1060 g/mol. The Morgan fingerprint density at radius 3 is 1.86 bits per heavy atom. The van der Waals surface area contributed by atoms with Crippen LogP contribution in [0.4, 0.5) is 4.79 Å². The molecule has 69 heavy (non-hydrogen) atoms. The number of halogens is 4. The smallest absolute Gasteiger partial charge is 0.318 e. The lowest BCUT2D eigenvalue weighted by Crippen LogP contribution is -2.46. The third kappa shape index (κ3) is 17.2. The van der Waals surface area contributed by atoms with Gasteiger partial charge in [-0.05, 0) is 87.8 Å². The number of amides is 2. The molecule has 2 fully saturated rings. The van der Waals surface area contributed by atoms with E-state index in [0.717, 1.165) is 72.3 Å². The van der Waals surface area contributed by atoms with Gasteiger partial charge in [0.1, 0.15) is 34.6 Å². The van der Waals surface area contributed by atoms with Crippen LogP contribution in [-0.4, -0.2) is 83.7 Å². The number of aromatic nitrogens is 6. The molecule has 4 N–H and O–H groups in total. The number of rotatable bonds is 15. The number of carbonyl (C=O) groups excluding carboxylic acids is 1. The number of hydrogen-bond donors (Lipinski definition) is 3. The predicted octanol–water partition coefficient (Wildman–Crippen LogP) is 11.3. The average Bonchev–Trinajstić information content (AvgIpc) is 4.08. The van der Waals surface area contributed by atoms with Gasteiger partial charge in [-0.25, -0.2) is 24.7 Å². The van der Waals surface area contributed by atoms with Crippen LogP contribution in [0.15, 0.2) is 85.7 Å². The zero-order chi connectivity index (χ0) is 48.5. The number of urea groups is 1. The van der Waals surface area contributed by atoms with Crippen molar-refractivity contribution in [3.05, 3.63) is 117 Å². The standard InChI is InChI=1S/C24H26ClN5O3S.C17H19ClN2O2S.C6H9N3.CH2Cl2/c1-16(28-23(31)30-11-10-29-9-8-26-22(29)14-30)2-6-19-13-27-24(34-19)33-21-7-5-18(12-20(21)25)32-15-17-3-4-17;1-11(19)2-6-14-9-20-17(23-14)22-16-7-5-13(8-15(16)18)21-10-12-3-4-12;1-3-9-4-2-8-6(9)5-7-1;2-1-3/h2,5-9,12-13,16-17H,3-4,10-11,14-15H2,1H3,(H,28,31);2,5-9,11-12H,3-4,10,19H2,1H3;2,4,7H,1,3,5H2;1H2/b2*6-2+;;/t16-;11-;;/m00../s1. The zero-order valence-corrected chi connectivity index (χ0v) is 43.0. The summed E-state index contributed by atoms with van der Waals surface area (Å²) in [6.07, 6.45) is 23.8. The summed E-state index contributed by atoms with van der Waals surface area (Å²) >= 11 is 25.0. The lowest BCUT2D eigenvalue weighted by molar-refractivity contribution is 0.180. The molecule has 6 aromatic rings. The molecule has 21 heteroatoms. The molecule has 368 valence electrons. The van der Waals surface area contributed by atoms with Gasteiger partial charge in [-0.2, -0.15) is 0 Å². The van der Waals surface area contributed by atoms with E-state index in [1.807, 2.05) is 74.9 Å². The lowest BCUT2D eigenvalue weighted by Gasteiger charge is -2.28. The Kier molecular flexibility index (Phi) is 19.9. The van der Waals surface area contributed by atoms with Gasteiger partial charge in [-0.15, -0.1) is 23.2 Å². The molecule has 2 aliphatic heterocycles. The number of alkyl halides is 2. The van der Waals surface area contributed by atoms with Crippen LogP contribution in [0, 0.1) is 11.8 Å². The van der Waals surface area contributed by atoms with Gasteiger partial charge in [0, 0.05) is 87.6 Å². The van der Waals surface area contributed by atoms with Gasteiger partial charge < -0.3 is 49.3 Å². The second-order valence-corrected chi connectivity index (χ2v) is 20.2. The molecule has 0 saturated heterocycles. The van der Waals surface area contributed by atoms with Crippen molar-refractivity contribution in [1.29, 1.82) is 0 Å². The van der Waals surface area contributed by atoms with Crippen LogP contribution >= 0.6 is 69.1 Å². The van der Waals surface area contributed by atoms with Crippen LogP contribution in [0.2, 0.25) is 10.0 Å². The van der Waals surface area contributed by atoms with E-state index in [1.165, 1.54) is 48.4 Å². The van der Waals surface area contributed by atoms with Crippen LogP contribution in [0.1, 0.15) is 60.9 Å². The summed E-state index contributed by atoms with van der Waals surface area (Å²) in [6, 6.07) is 10.7. The fourth-order valence-corrected chi connectivity index (χ4v) is 8.36. The molecule has 4 aliphatic rings. The maximum absolute atomic E-state index is 12.6. The van der Waals surface area contributed by atoms with E-state index in [1.54, 1.807) is 41.7 Å². The van der Waals surface area contributed by atoms with Crippen LogP contribution in [0.3, 0.4) is 0 Å². The van der Waals surface area contributed by atoms with Crippen molar-refractivity contribution in [2.45, 2.75) is 77.8 Å². The maximum Gasteiger partial charge on any atom is 0.318 e. The maximum atomic E-state index is 12.6. The van der Waals surface area contributed by atoms with Crippen molar-refractivity contribution in [3.8, 4) is 33.4 Å². The molecule has 6 heterocycles. The minimum absolute atomic E-state index is 0.0131. The summed E-state index contributed by atoms with van der Waals surface area (Å²) in [7, 11) is 0. The highest BCUT2D eigenvalue weighted by Crippen LogP contribution is 2.37. The molecule has 0 radical (unpaired) electrons. The normalized spacial score (nSPS) is 15.8. The fraction of sp³-hybridized carbons (Fsp3) is 0.396. The number of imidazole rings is 2. The number of nitrogens with two attached hydrogens (primary N) is 1. The number of nitrogens with zero attached hydrogens (tertiary/aromatic N) is 7. The molecular formula is C48H56Cl4N10O5S2. The van der Waals surface area contributed by atoms with Crippen molar-refractivity contribution >= 4 is 87.3 Å². The Hall–Kier alpha value is -4.85. The molecule has 15 nitrogen and oxygen atoms in total. The number of hydrogen-bond acceptors (Lipinski definition) is 13.